The summed E-state index contributed by atoms with van der Waals surface area (Å²) in [6.45, 7) is 1.93. The lowest BCUT2D eigenvalue weighted by Crippen LogP contribution is -2.14. The van der Waals surface area contributed by atoms with Gasteiger partial charge in [0, 0.05) is 4.90 Å². The molecule has 2 aromatic rings. The fraction of sp³-hybridized carbons (Fsp3) is 0.125. The number of esters is 1. The summed E-state index contributed by atoms with van der Waals surface area (Å²) < 4.78 is 33.4. The summed E-state index contributed by atoms with van der Waals surface area (Å²) in [5.41, 5.74) is 1.05. The minimum atomic E-state index is -4.10. The molecule has 6 nitrogen and oxygen atoms in total. The van der Waals surface area contributed by atoms with E-state index in [4.69, 9.17) is 0 Å². The molecule has 0 amide bonds. The van der Waals surface area contributed by atoms with Crippen LogP contribution in [0.4, 0.5) is 0 Å². The van der Waals surface area contributed by atoms with E-state index in [1.165, 1.54) is 19.2 Å². The number of hydrogen-bond donors (Lipinski definition) is 0. The van der Waals surface area contributed by atoms with Crippen LogP contribution in [0.5, 0.6) is 0 Å². The van der Waals surface area contributed by atoms with E-state index >= 15 is 0 Å². The summed E-state index contributed by atoms with van der Waals surface area (Å²) in [6, 6.07) is 14.8. The zero-order valence-electron chi connectivity index (χ0n) is 13.0. The second-order valence-electron chi connectivity index (χ2n) is 4.64. The third kappa shape index (κ3) is 4.84. The van der Waals surface area contributed by atoms with Crippen molar-refractivity contribution < 1.29 is 22.2 Å². The van der Waals surface area contributed by atoms with E-state index in [1.54, 1.807) is 30.3 Å². The molecule has 0 aromatic heterocycles. The Morgan fingerprint density at radius 1 is 1.04 bits per heavy atom. The van der Waals surface area contributed by atoms with Crippen molar-refractivity contribution in [3.05, 3.63) is 60.2 Å². The van der Waals surface area contributed by atoms with Crippen LogP contribution in [0, 0.1) is 6.92 Å². The maximum Gasteiger partial charge on any atom is 0.367 e. The van der Waals surface area contributed by atoms with Crippen molar-refractivity contribution in [2.24, 2.45) is 5.16 Å². The fourth-order valence-electron chi connectivity index (χ4n) is 1.62. The molecule has 0 spiro atoms. The SMILES string of the molecule is COC(=O)/C(=N/OS(=O)(=O)c1ccccc1)Sc1ccc(C)cc1. The average molecular weight is 365 g/mol. The Bertz CT molecular complexity index is 831. The van der Waals surface area contributed by atoms with E-state index in [0.29, 0.717) is 4.90 Å². The summed E-state index contributed by atoms with van der Waals surface area (Å²) in [4.78, 5) is 12.4. The summed E-state index contributed by atoms with van der Waals surface area (Å²) in [5, 5.41) is 3.26. The second-order valence-corrected chi connectivity index (χ2v) is 7.24. The number of nitrogens with zero attached hydrogens (tertiary/aromatic N) is 1. The molecule has 126 valence electrons. The number of benzene rings is 2. The first kappa shape index (κ1) is 18.0. The van der Waals surface area contributed by atoms with Crippen LogP contribution in [-0.4, -0.2) is 26.5 Å². The van der Waals surface area contributed by atoms with Gasteiger partial charge in [-0.05, 0) is 31.2 Å². The van der Waals surface area contributed by atoms with Crippen molar-refractivity contribution in [3.8, 4) is 0 Å². The molecule has 0 atom stereocenters. The normalized spacial score (nSPS) is 11.8. The van der Waals surface area contributed by atoms with Crippen LogP contribution < -0.4 is 0 Å². The molecule has 0 radical (unpaired) electrons. The predicted molar refractivity (Wildman–Crippen MR) is 91.2 cm³/mol. The number of thioether (sulfide) groups is 1. The summed E-state index contributed by atoms with van der Waals surface area (Å²) >= 11 is 0.952. The van der Waals surface area contributed by atoms with E-state index in [-0.39, 0.29) is 9.94 Å². The largest absolute Gasteiger partial charge is 0.464 e. The van der Waals surface area contributed by atoms with Crippen molar-refractivity contribution in [2.75, 3.05) is 7.11 Å². The van der Waals surface area contributed by atoms with Gasteiger partial charge in [-0.2, -0.15) is 8.42 Å². The summed E-state index contributed by atoms with van der Waals surface area (Å²) in [7, 11) is -2.92. The van der Waals surface area contributed by atoms with Gasteiger partial charge in [-0.25, -0.2) is 4.79 Å². The van der Waals surface area contributed by atoms with Gasteiger partial charge in [0.05, 0.1) is 7.11 Å². The van der Waals surface area contributed by atoms with Gasteiger partial charge in [0.15, 0.2) is 0 Å². The molecule has 0 saturated carbocycles. The van der Waals surface area contributed by atoms with E-state index < -0.39 is 16.1 Å². The minimum Gasteiger partial charge on any atom is -0.464 e. The van der Waals surface area contributed by atoms with Crippen LogP contribution in [0.3, 0.4) is 0 Å². The quantitative estimate of drug-likeness (QED) is 0.272. The zero-order chi connectivity index (χ0) is 17.6. The van der Waals surface area contributed by atoms with Crippen LogP contribution in [0.2, 0.25) is 0 Å². The molecule has 24 heavy (non-hydrogen) atoms. The molecule has 0 aliphatic heterocycles. The number of aryl methyl sites for hydroxylation is 1. The van der Waals surface area contributed by atoms with Gasteiger partial charge in [0.1, 0.15) is 4.90 Å². The predicted octanol–water partition coefficient (Wildman–Crippen LogP) is 2.98. The third-order valence-corrected chi connectivity index (χ3v) is 4.91. The third-order valence-electron chi connectivity index (χ3n) is 2.85. The van der Waals surface area contributed by atoms with E-state index in [1.807, 2.05) is 19.1 Å². The van der Waals surface area contributed by atoms with Gasteiger partial charge in [-0.1, -0.05) is 52.8 Å². The molecular formula is C16H15NO5S2. The smallest absolute Gasteiger partial charge is 0.367 e. The maximum atomic E-state index is 12.1. The first-order valence-electron chi connectivity index (χ1n) is 6.82. The maximum absolute atomic E-state index is 12.1. The molecular weight excluding hydrogens is 350 g/mol. The molecule has 0 aliphatic carbocycles. The number of rotatable bonds is 4. The number of carbonyl (C=O) groups is 1. The molecule has 0 fully saturated rings. The highest BCUT2D eigenvalue weighted by Gasteiger charge is 2.20. The molecule has 0 heterocycles. The molecule has 0 N–H and O–H groups in total. The zero-order valence-corrected chi connectivity index (χ0v) is 14.6. The summed E-state index contributed by atoms with van der Waals surface area (Å²) in [6.07, 6.45) is 0. The van der Waals surface area contributed by atoms with Crippen LogP contribution in [0.15, 0.2) is 69.5 Å². The highest BCUT2D eigenvalue weighted by Crippen LogP contribution is 2.22. The highest BCUT2D eigenvalue weighted by atomic mass is 32.2. The number of hydrogen-bond acceptors (Lipinski definition) is 7. The van der Waals surface area contributed by atoms with Crippen LogP contribution in [-0.2, 0) is 23.9 Å². The first-order chi connectivity index (χ1) is 11.4. The molecule has 2 rings (SSSR count). The Balaban J connectivity index is 2.23. The molecule has 0 aliphatic rings. The fourth-order valence-corrected chi connectivity index (χ4v) is 3.15. The topological polar surface area (TPSA) is 82.0 Å². The second kappa shape index (κ2) is 7.98. The van der Waals surface area contributed by atoms with Crippen LogP contribution in [0.25, 0.3) is 0 Å². The van der Waals surface area contributed by atoms with Gasteiger partial charge in [-0.3, -0.25) is 4.28 Å². The molecule has 0 saturated heterocycles. The monoisotopic (exact) mass is 365 g/mol. The van der Waals surface area contributed by atoms with Gasteiger partial charge in [0.25, 0.3) is 0 Å². The number of methoxy groups -OCH3 is 1. The Hall–Kier alpha value is -2.32. The van der Waals surface area contributed by atoms with Crippen molar-refractivity contribution in [3.63, 3.8) is 0 Å². The Morgan fingerprint density at radius 3 is 2.25 bits per heavy atom. The van der Waals surface area contributed by atoms with Crippen LogP contribution in [0.1, 0.15) is 5.56 Å². The molecule has 2 aromatic carbocycles. The van der Waals surface area contributed by atoms with E-state index in [2.05, 4.69) is 14.2 Å². The van der Waals surface area contributed by atoms with Crippen molar-refractivity contribution in [1.82, 2.24) is 0 Å². The van der Waals surface area contributed by atoms with Crippen LogP contribution >= 0.6 is 11.8 Å². The van der Waals surface area contributed by atoms with Gasteiger partial charge < -0.3 is 4.74 Å². The Labute approximate surface area is 144 Å². The van der Waals surface area contributed by atoms with Gasteiger partial charge in [0.2, 0.25) is 5.04 Å². The molecule has 0 unspecified atom stereocenters. The Morgan fingerprint density at radius 2 is 1.67 bits per heavy atom. The van der Waals surface area contributed by atoms with E-state index in [0.717, 1.165) is 17.3 Å². The Kier molecular flexibility index (Phi) is 5.99. The van der Waals surface area contributed by atoms with Gasteiger partial charge >= 0.3 is 16.1 Å². The van der Waals surface area contributed by atoms with Crippen molar-refractivity contribution in [1.29, 1.82) is 0 Å². The van der Waals surface area contributed by atoms with Gasteiger partial charge in [-0.15, -0.1) is 0 Å². The summed E-state index contributed by atoms with van der Waals surface area (Å²) in [5.74, 6) is -0.788. The van der Waals surface area contributed by atoms with Crippen molar-refractivity contribution >= 4 is 32.9 Å². The van der Waals surface area contributed by atoms with Crippen molar-refractivity contribution in [2.45, 2.75) is 16.7 Å². The lowest BCUT2D eigenvalue weighted by Gasteiger charge is -2.05. The minimum absolute atomic E-state index is 0.0571. The number of ether oxygens (including phenoxy) is 1. The lowest BCUT2D eigenvalue weighted by atomic mass is 10.2. The molecule has 8 heteroatoms. The van der Waals surface area contributed by atoms with E-state index in [9.17, 15) is 13.2 Å². The lowest BCUT2D eigenvalue weighted by molar-refractivity contribution is -0.132. The highest BCUT2D eigenvalue weighted by molar-refractivity contribution is 8.15. The number of oxime groups is 1. The standard InChI is InChI=1S/C16H15NO5S2/c1-12-8-10-13(11-9-12)23-15(16(18)21-2)17-22-24(19,20)14-6-4-3-5-7-14/h3-11H,1-2H3/b17-15-. The number of carbonyl (C=O) groups excluding carboxylic acids is 1. The average Bonchev–Trinajstić information content (AvgIpc) is 2.60. The first-order valence-corrected chi connectivity index (χ1v) is 9.04. The molecule has 0 bridgehead atoms.